The fourth-order valence-electron chi connectivity index (χ4n) is 3.76. The fourth-order valence-corrected chi connectivity index (χ4v) is 5.37. The Balaban J connectivity index is 1.37. The number of hydrogen-bond donors (Lipinski definition) is 1. The second-order valence-electron chi connectivity index (χ2n) is 7.33. The molecule has 1 N–H and O–H groups in total. The molecule has 164 valence electrons. The first-order valence-electron chi connectivity index (χ1n) is 10.2. The van der Waals surface area contributed by atoms with Gasteiger partial charge >= 0.3 is 0 Å². The minimum Gasteiger partial charge on any atom is -0.494 e. The molecule has 0 radical (unpaired) electrons. The van der Waals surface area contributed by atoms with E-state index in [0.29, 0.717) is 31.5 Å². The number of carbonyl (C=O) groups excluding carboxylic acids is 1. The number of para-hydroxylation sites is 1. The van der Waals surface area contributed by atoms with E-state index in [1.165, 1.54) is 10.4 Å². The van der Waals surface area contributed by atoms with Crippen LogP contribution in [0, 0.1) is 5.92 Å². The van der Waals surface area contributed by atoms with E-state index in [4.69, 9.17) is 4.74 Å². The average Bonchev–Trinajstić information content (AvgIpc) is 3.27. The fraction of sp³-hybridized carbons (Fsp3) is 0.381. The van der Waals surface area contributed by atoms with Gasteiger partial charge in [-0.3, -0.25) is 4.79 Å². The lowest BCUT2D eigenvalue weighted by molar-refractivity contribution is -0.126. The molecule has 1 aliphatic heterocycles. The molecule has 0 atom stereocenters. The van der Waals surface area contributed by atoms with Crippen LogP contribution in [0.25, 0.3) is 11.0 Å². The van der Waals surface area contributed by atoms with Gasteiger partial charge in [-0.05, 0) is 48.3 Å². The Morgan fingerprint density at radius 1 is 1.16 bits per heavy atom. The Kier molecular flexibility index (Phi) is 6.19. The summed E-state index contributed by atoms with van der Waals surface area (Å²) < 4.78 is 37.8. The zero-order chi connectivity index (χ0) is 21.8. The molecule has 1 aliphatic rings. The first-order valence-corrected chi connectivity index (χ1v) is 11.6. The quantitative estimate of drug-likeness (QED) is 0.595. The van der Waals surface area contributed by atoms with E-state index in [0.717, 1.165) is 11.3 Å². The van der Waals surface area contributed by atoms with Gasteiger partial charge in [-0.1, -0.05) is 24.3 Å². The van der Waals surface area contributed by atoms with Gasteiger partial charge < -0.3 is 10.1 Å². The molecule has 2 aromatic carbocycles. The van der Waals surface area contributed by atoms with E-state index >= 15 is 0 Å². The summed E-state index contributed by atoms with van der Waals surface area (Å²) in [5, 5.41) is 10.4. The van der Waals surface area contributed by atoms with Crippen LogP contribution >= 0.6 is 0 Å². The first kappa shape index (κ1) is 21.3. The third kappa shape index (κ3) is 4.40. The average molecular weight is 445 g/mol. The Hall–Kier alpha value is -2.98. The Morgan fingerprint density at radius 3 is 2.71 bits per heavy atom. The highest BCUT2D eigenvalue weighted by atomic mass is 32.2. The topological polar surface area (TPSA) is 115 Å². The van der Waals surface area contributed by atoms with Gasteiger partial charge in [-0.2, -0.15) is 4.31 Å². The number of nitrogens with one attached hydrogen (secondary N) is 1. The molecule has 2 heterocycles. The van der Waals surface area contributed by atoms with Crippen LogP contribution in [0.2, 0.25) is 0 Å². The van der Waals surface area contributed by atoms with Crippen molar-refractivity contribution < 1.29 is 22.6 Å². The van der Waals surface area contributed by atoms with Gasteiger partial charge in [0.25, 0.3) is 0 Å². The molecule has 1 saturated heterocycles. The summed E-state index contributed by atoms with van der Waals surface area (Å²) in [6, 6.07) is 12.3. The van der Waals surface area contributed by atoms with Crippen molar-refractivity contribution in [2.75, 3.05) is 19.7 Å². The lowest BCUT2D eigenvalue weighted by Crippen LogP contribution is -2.42. The first-order chi connectivity index (χ1) is 15.0. The third-order valence-electron chi connectivity index (χ3n) is 5.42. The number of benzene rings is 2. The highest BCUT2D eigenvalue weighted by Crippen LogP contribution is 2.27. The molecular formula is C21H24N4O5S. The van der Waals surface area contributed by atoms with Gasteiger partial charge in [0.15, 0.2) is 5.52 Å². The van der Waals surface area contributed by atoms with Gasteiger partial charge in [-0.15, -0.1) is 0 Å². The van der Waals surface area contributed by atoms with Crippen molar-refractivity contribution in [2.45, 2.75) is 31.2 Å². The zero-order valence-electron chi connectivity index (χ0n) is 17.2. The van der Waals surface area contributed by atoms with Crippen LogP contribution in [-0.2, 0) is 21.4 Å². The molecule has 10 heteroatoms. The van der Waals surface area contributed by atoms with E-state index < -0.39 is 10.0 Å². The number of amides is 1. The molecule has 0 spiro atoms. The Bertz CT molecular complexity index is 1170. The summed E-state index contributed by atoms with van der Waals surface area (Å²) in [5.74, 6) is 0.434. The van der Waals surface area contributed by atoms with Gasteiger partial charge in [0.05, 0.1) is 6.61 Å². The maximum absolute atomic E-state index is 13.1. The smallest absolute Gasteiger partial charge is 0.245 e. The number of rotatable bonds is 7. The molecule has 3 aromatic rings. The SMILES string of the molecule is CCOc1ccccc1CNC(=O)C1CCN(S(=O)(=O)c2cccc3nonc23)CC1. The van der Waals surface area contributed by atoms with Crippen molar-refractivity contribution >= 4 is 27.0 Å². The third-order valence-corrected chi connectivity index (χ3v) is 7.35. The number of fused-ring (bicyclic) bond motifs is 1. The minimum atomic E-state index is -3.75. The summed E-state index contributed by atoms with van der Waals surface area (Å²) in [6.45, 7) is 3.36. The van der Waals surface area contributed by atoms with Crippen molar-refractivity contribution in [3.63, 3.8) is 0 Å². The molecule has 31 heavy (non-hydrogen) atoms. The highest BCUT2D eigenvalue weighted by molar-refractivity contribution is 7.89. The maximum Gasteiger partial charge on any atom is 0.245 e. The van der Waals surface area contributed by atoms with E-state index in [1.807, 2.05) is 31.2 Å². The van der Waals surface area contributed by atoms with E-state index in [9.17, 15) is 13.2 Å². The van der Waals surface area contributed by atoms with Gasteiger partial charge in [0.1, 0.15) is 16.2 Å². The van der Waals surface area contributed by atoms with Crippen LogP contribution in [0.5, 0.6) is 5.75 Å². The molecule has 0 aliphatic carbocycles. The largest absolute Gasteiger partial charge is 0.494 e. The summed E-state index contributed by atoms with van der Waals surface area (Å²) in [4.78, 5) is 12.7. The number of sulfonamides is 1. The van der Waals surface area contributed by atoms with Crippen molar-refractivity contribution in [1.29, 1.82) is 0 Å². The second-order valence-corrected chi connectivity index (χ2v) is 9.23. The lowest BCUT2D eigenvalue weighted by Gasteiger charge is -2.30. The number of nitrogens with zero attached hydrogens (tertiary/aromatic N) is 3. The molecule has 1 aromatic heterocycles. The zero-order valence-corrected chi connectivity index (χ0v) is 18.0. The molecule has 0 bridgehead atoms. The predicted octanol–water partition coefficient (Wildman–Crippen LogP) is 2.34. The summed E-state index contributed by atoms with van der Waals surface area (Å²) >= 11 is 0. The summed E-state index contributed by atoms with van der Waals surface area (Å²) in [6.07, 6.45) is 0.899. The molecule has 1 fully saturated rings. The van der Waals surface area contributed by atoms with Crippen LogP contribution in [0.3, 0.4) is 0 Å². The normalized spacial score (nSPS) is 15.8. The van der Waals surface area contributed by atoms with Crippen molar-refractivity contribution in [1.82, 2.24) is 19.9 Å². The van der Waals surface area contributed by atoms with Crippen molar-refractivity contribution in [2.24, 2.45) is 5.92 Å². The summed E-state index contributed by atoms with van der Waals surface area (Å²) in [5.41, 5.74) is 1.52. The van der Waals surface area contributed by atoms with Gasteiger partial charge in [-0.25, -0.2) is 13.0 Å². The van der Waals surface area contributed by atoms with Crippen LogP contribution < -0.4 is 10.1 Å². The van der Waals surface area contributed by atoms with Gasteiger partial charge in [0, 0.05) is 31.1 Å². The molecular weight excluding hydrogens is 420 g/mol. The van der Waals surface area contributed by atoms with Crippen molar-refractivity contribution in [3.8, 4) is 5.75 Å². The molecule has 0 unspecified atom stereocenters. The second kappa shape index (κ2) is 9.03. The minimum absolute atomic E-state index is 0.0710. The molecule has 9 nitrogen and oxygen atoms in total. The number of ether oxygens (including phenoxy) is 1. The van der Waals surface area contributed by atoms with E-state index in [2.05, 4.69) is 20.3 Å². The number of piperidine rings is 1. The van der Waals surface area contributed by atoms with Crippen LogP contribution in [0.4, 0.5) is 0 Å². The van der Waals surface area contributed by atoms with Gasteiger partial charge in [0.2, 0.25) is 15.9 Å². The van der Waals surface area contributed by atoms with Crippen LogP contribution in [-0.4, -0.2) is 48.6 Å². The monoisotopic (exact) mass is 444 g/mol. The Morgan fingerprint density at radius 2 is 1.94 bits per heavy atom. The maximum atomic E-state index is 13.1. The molecule has 0 saturated carbocycles. The predicted molar refractivity (Wildman–Crippen MR) is 113 cm³/mol. The number of aromatic nitrogens is 2. The molecule has 4 rings (SSSR count). The van der Waals surface area contributed by atoms with Crippen LogP contribution in [0.1, 0.15) is 25.3 Å². The van der Waals surface area contributed by atoms with Crippen molar-refractivity contribution in [3.05, 3.63) is 48.0 Å². The van der Waals surface area contributed by atoms with E-state index in [-0.39, 0.29) is 35.3 Å². The lowest BCUT2D eigenvalue weighted by atomic mass is 9.97. The van der Waals surface area contributed by atoms with Crippen LogP contribution in [0.15, 0.2) is 52.0 Å². The highest BCUT2D eigenvalue weighted by Gasteiger charge is 2.33. The number of hydrogen-bond acceptors (Lipinski definition) is 7. The van der Waals surface area contributed by atoms with E-state index in [1.54, 1.807) is 12.1 Å². The number of carbonyl (C=O) groups is 1. The summed E-state index contributed by atoms with van der Waals surface area (Å²) in [7, 11) is -3.75. The molecule has 1 amide bonds. The standard InChI is InChI=1S/C21H24N4O5S/c1-2-29-18-8-4-3-6-16(18)14-22-21(26)15-10-12-25(13-11-15)31(27,28)19-9-5-7-17-20(19)24-30-23-17/h3-9,15H,2,10-14H2,1H3,(H,22,26). The Labute approximate surface area is 180 Å².